The van der Waals surface area contributed by atoms with Crippen LogP contribution in [0.3, 0.4) is 0 Å². The van der Waals surface area contributed by atoms with Crippen molar-refractivity contribution in [2.45, 2.75) is 32.3 Å². The summed E-state index contributed by atoms with van der Waals surface area (Å²) in [5.41, 5.74) is 0.877. The third-order valence-corrected chi connectivity index (χ3v) is 4.13. The third-order valence-electron chi connectivity index (χ3n) is 3.86. The Bertz CT molecular complexity index is 793. The summed E-state index contributed by atoms with van der Waals surface area (Å²) in [5.74, 6) is 2.10. The van der Waals surface area contributed by atoms with Gasteiger partial charge in [-0.2, -0.15) is 14.9 Å². The lowest BCUT2D eigenvalue weighted by Crippen LogP contribution is -2.05. The molecule has 1 fully saturated rings. The minimum Gasteiger partial charge on any atom is -0.493 e. The molecule has 0 bridgehead atoms. The Morgan fingerprint density at radius 1 is 1.48 bits per heavy atom. The number of hydrogen-bond acceptors (Lipinski definition) is 6. The van der Waals surface area contributed by atoms with Gasteiger partial charge >= 0.3 is 0 Å². The summed E-state index contributed by atoms with van der Waals surface area (Å²) in [4.78, 5) is 0. The van der Waals surface area contributed by atoms with Gasteiger partial charge in [-0.05, 0) is 55.2 Å². The van der Waals surface area contributed by atoms with Crippen molar-refractivity contribution in [3.8, 4) is 11.5 Å². The van der Waals surface area contributed by atoms with Gasteiger partial charge in [-0.15, -0.1) is 0 Å². The van der Waals surface area contributed by atoms with E-state index in [0.29, 0.717) is 23.0 Å². The van der Waals surface area contributed by atoms with Crippen LogP contribution in [0.1, 0.15) is 43.7 Å². The van der Waals surface area contributed by atoms with Crippen LogP contribution in [0.2, 0.25) is 0 Å². The maximum Gasteiger partial charge on any atom is 0.216 e. The zero-order chi connectivity index (χ0) is 17.6. The van der Waals surface area contributed by atoms with Crippen molar-refractivity contribution in [2.75, 3.05) is 20.3 Å². The van der Waals surface area contributed by atoms with E-state index in [2.05, 4.69) is 22.2 Å². The highest BCUT2D eigenvalue weighted by Gasteiger charge is 2.23. The molecule has 0 amide bonds. The standard InChI is InChI=1S/C17H22N4O3S/c1-3-8-23-13-7-6-12(10-15(13)22-2)11-18-21-16(19-20-17(21)25)14-5-4-9-24-14/h6-7,10-11,14H,3-5,8-9H2,1-2H3,(H,20,25)/b18-11-/t14-/m1/s1. The number of aromatic nitrogens is 3. The van der Waals surface area contributed by atoms with Gasteiger partial charge < -0.3 is 14.2 Å². The molecule has 8 heteroatoms. The second-order valence-electron chi connectivity index (χ2n) is 5.70. The summed E-state index contributed by atoms with van der Waals surface area (Å²) in [6.07, 6.45) is 4.54. The Labute approximate surface area is 151 Å². The number of aromatic amines is 1. The highest BCUT2D eigenvalue weighted by Crippen LogP contribution is 2.28. The monoisotopic (exact) mass is 362 g/mol. The quantitative estimate of drug-likeness (QED) is 0.603. The van der Waals surface area contributed by atoms with E-state index in [1.165, 1.54) is 0 Å². The van der Waals surface area contributed by atoms with E-state index in [4.69, 9.17) is 26.4 Å². The predicted octanol–water partition coefficient (Wildman–Crippen LogP) is 3.47. The molecule has 1 aromatic heterocycles. The molecule has 0 saturated carbocycles. The van der Waals surface area contributed by atoms with Gasteiger partial charge in [-0.3, -0.25) is 5.10 Å². The number of benzene rings is 1. The van der Waals surface area contributed by atoms with Crippen LogP contribution in [0.4, 0.5) is 0 Å². The molecule has 0 aliphatic carbocycles. The number of hydrogen-bond donors (Lipinski definition) is 1. The molecule has 1 aliphatic rings. The van der Waals surface area contributed by atoms with Gasteiger partial charge in [0.2, 0.25) is 4.77 Å². The number of nitrogens with zero attached hydrogens (tertiary/aromatic N) is 3. The van der Waals surface area contributed by atoms with Crippen molar-refractivity contribution in [1.29, 1.82) is 0 Å². The second-order valence-corrected chi connectivity index (χ2v) is 6.09. The Hall–Kier alpha value is -2.19. The lowest BCUT2D eigenvalue weighted by atomic mass is 10.2. The van der Waals surface area contributed by atoms with Gasteiger partial charge in [0.15, 0.2) is 17.3 Å². The van der Waals surface area contributed by atoms with E-state index in [0.717, 1.165) is 37.2 Å². The van der Waals surface area contributed by atoms with Crippen LogP contribution in [0.25, 0.3) is 0 Å². The Balaban J connectivity index is 1.82. The third kappa shape index (κ3) is 4.08. The van der Waals surface area contributed by atoms with Crippen molar-refractivity contribution >= 4 is 18.4 Å². The van der Waals surface area contributed by atoms with Crippen LogP contribution < -0.4 is 9.47 Å². The molecular formula is C17H22N4O3S. The largest absolute Gasteiger partial charge is 0.493 e. The summed E-state index contributed by atoms with van der Waals surface area (Å²) < 4.78 is 18.8. The van der Waals surface area contributed by atoms with Crippen molar-refractivity contribution in [1.82, 2.24) is 14.9 Å². The maximum absolute atomic E-state index is 5.67. The maximum atomic E-state index is 5.67. The number of ether oxygens (including phenoxy) is 3. The number of H-pyrrole nitrogens is 1. The molecule has 3 rings (SSSR count). The smallest absolute Gasteiger partial charge is 0.216 e. The minimum atomic E-state index is -0.0653. The molecule has 134 valence electrons. The van der Waals surface area contributed by atoms with Crippen LogP contribution in [-0.4, -0.2) is 41.4 Å². The van der Waals surface area contributed by atoms with E-state index in [1.807, 2.05) is 18.2 Å². The Kier molecular flexibility index (Phi) is 5.83. The van der Waals surface area contributed by atoms with Crippen molar-refractivity contribution in [2.24, 2.45) is 5.10 Å². The summed E-state index contributed by atoms with van der Waals surface area (Å²) in [6.45, 7) is 3.46. The lowest BCUT2D eigenvalue weighted by molar-refractivity contribution is 0.102. The first kappa shape index (κ1) is 17.6. The van der Waals surface area contributed by atoms with E-state index in [9.17, 15) is 0 Å². The van der Waals surface area contributed by atoms with Crippen molar-refractivity contribution < 1.29 is 14.2 Å². The lowest BCUT2D eigenvalue weighted by Gasteiger charge is -2.10. The van der Waals surface area contributed by atoms with Gasteiger partial charge in [-0.1, -0.05) is 6.92 Å². The van der Waals surface area contributed by atoms with Crippen LogP contribution in [0.15, 0.2) is 23.3 Å². The molecule has 2 aromatic rings. The summed E-state index contributed by atoms with van der Waals surface area (Å²) in [6, 6.07) is 5.68. The molecule has 1 aromatic carbocycles. The van der Waals surface area contributed by atoms with Gasteiger partial charge in [0.1, 0.15) is 6.10 Å². The molecule has 0 spiro atoms. The highest BCUT2D eigenvalue weighted by molar-refractivity contribution is 7.71. The molecule has 25 heavy (non-hydrogen) atoms. The fraction of sp³-hybridized carbons (Fsp3) is 0.471. The van der Waals surface area contributed by atoms with E-state index >= 15 is 0 Å². The molecule has 1 N–H and O–H groups in total. The van der Waals surface area contributed by atoms with E-state index < -0.39 is 0 Å². The minimum absolute atomic E-state index is 0.0653. The molecule has 0 radical (unpaired) electrons. The van der Waals surface area contributed by atoms with Gasteiger partial charge in [0.25, 0.3) is 0 Å². The summed E-state index contributed by atoms with van der Waals surface area (Å²) in [7, 11) is 1.62. The fourth-order valence-electron chi connectivity index (χ4n) is 2.63. The first-order chi connectivity index (χ1) is 12.2. The van der Waals surface area contributed by atoms with E-state index in [1.54, 1.807) is 18.0 Å². The molecule has 1 atom stereocenters. The van der Waals surface area contributed by atoms with Crippen molar-refractivity contribution in [3.05, 3.63) is 34.4 Å². The second kappa shape index (κ2) is 8.26. The topological polar surface area (TPSA) is 73.7 Å². The van der Waals surface area contributed by atoms with E-state index in [-0.39, 0.29) is 6.10 Å². The number of nitrogens with one attached hydrogen (secondary N) is 1. The van der Waals surface area contributed by atoms with Crippen LogP contribution in [0.5, 0.6) is 11.5 Å². The fourth-order valence-corrected chi connectivity index (χ4v) is 2.81. The average molecular weight is 362 g/mol. The van der Waals surface area contributed by atoms with Crippen molar-refractivity contribution in [3.63, 3.8) is 0 Å². The normalized spacial score (nSPS) is 17.3. The average Bonchev–Trinajstić information content (AvgIpc) is 3.28. The first-order valence-electron chi connectivity index (χ1n) is 8.37. The molecule has 7 nitrogen and oxygen atoms in total. The molecular weight excluding hydrogens is 340 g/mol. The van der Waals surface area contributed by atoms with Crippen LogP contribution in [0, 0.1) is 4.77 Å². The zero-order valence-corrected chi connectivity index (χ0v) is 15.2. The molecule has 2 heterocycles. The summed E-state index contributed by atoms with van der Waals surface area (Å²) >= 11 is 5.27. The highest BCUT2D eigenvalue weighted by atomic mass is 32.1. The SMILES string of the molecule is CCCOc1ccc(/C=N\n2c([C@H]3CCCO3)n[nH]c2=S)cc1OC. The number of methoxy groups -OCH3 is 1. The van der Waals surface area contributed by atoms with Crippen LogP contribution in [-0.2, 0) is 4.74 Å². The molecule has 1 saturated heterocycles. The summed E-state index contributed by atoms with van der Waals surface area (Å²) in [5, 5.41) is 11.5. The predicted molar refractivity (Wildman–Crippen MR) is 97.1 cm³/mol. The van der Waals surface area contributed by atoms with Crippen LogP contribution >= 0.6 is 12.2 Å². The Morgan fingerprint density at radius 3 is 3.08 bits per heavy atom. The Morgan fingerprint density at radius 2 is 2.36 bits per heavy atom. The molecule has 1 aliphatic heterocycles. The number of rotatable bonds is 7. The van der Waals surface area contributed by atoms with Gasteiger partial charge in [-0.25, -0.2) is 0 Å². The van der Waals surface area contributed by atoms with Gasteiger partial charge in [0.05, 0.1) is 19.9 Å². The zero-order valence-electron chi connectivity index (χ0n) is 14.4. The first-order valence-corrected chi connectivity index (χ1v) is 8.78. The molecule has 0 unspecified atom stereocenters. The van der Waals surface area contributed by atoms with Gasteiger partial charge in [0, 0.05) is 6.61 Å².